The van der Waals surface area contributed by atoms with Crippen LogP contribution in [0.4, 0.5) is 0 Å². The SMILES string of the molecule is CCn1ncc(-c2cc3ccccc3n2C)c1C. The Bertz CT molecular complexity index is 704. The Morgan fingerprint density at radius 2 is 2.00 bits per heavy atom. The van der Waals surface area contributed by atoms with Gasteiger partial charge >= 0.3 is 0 Å². The van der Waals surface area contributed by atoms with E-state index in [9.17, 15) is 0 Å². The summed E-state index contributed by atoms with van der Waals surface area (Å²) >= 11 is 0. The normalized spacial score (nSPS) is 11.3. The minimum atomic E-state index is 0.912. The van der Waals surface area contributed by atoms with Crippen molar-refractivity contribution in [2.24, 2.45) is 7.05 Å². The van der Waals surface area contributed by atoms with E-state index < -0.39 is 0 Å². The average Bonchev–Trinajstić information content (AvgIpc) is 2.91. The maximum absolute atomic E-state index is 4.43. The Kier molecular flexibility index (Phi) is 2.47. The first kappa shape index (κ1) is 11.1. The van der Waals surface area contributed by atoms with E-state index in [1.807, 2.05) is 10.9 Å². The molecule has 0 unspecified atom stereocenters. The Labute approximate surface area is 107 Å². The van der Waals surface area contributed by atoms with E-state index in [0.29, 0.717) is 0 Å². The van der Waals surface area contributed by atoms with Gasteiger partial charge in [0.25, 0.3) is 0 Å². The van der Waals surface area contributed by atoms with Crippen LogP contribution < -0.4 is 0 Å². The summed E-state index contributed by atoms with van der Waals surface area (Å²) in [6.45, 7) is 5.16. The van der Waals surface area contributed by atoms with Crippen molar-refractivity contribution in [3.05, 3.63) is 42.2 Å². The van der Waals surface area contributed by atoms with E-state index in [1.54, 1.807) is 0 Å². The van der Waals surface area contributed by atoms with Gasteiger partial charge in [0.15, 0.2) is 0 Å². The van der Waals surface area contributed by atoms with E-state index >= 15 is 0 Å². The van der Waals surface area contributed by atoms with Crippen molar-refractivity contribution < 1.29 is 0 Å². The van der Waals surface area contributed by atoms with Crippen LogP contribution >= 0.6 is 0 Å². The Morgan fingerprint density at radius 1 is 1.22 bits per heavy atom. The number of fused-ring (bicyclic) bond motifs is 1. The average molecular weight is 239 g/mol. The molecule has 3 nitrogen and oxygen atoms in total. The molecule has 3 heteroatoms. The van der Waals surface area contributed by atoms with E-state index in [-0.39, 0.29) is 0 Å². The number of aromatic nitrogens is 3. The number of benzene rings is 1. The third kappa shape index (κ3) is 1.47. The maximum Gasteiger partial charge on any atom is 0.0586 e. The molecule has 3 rings (SSSR count). The van der Waals surface area contributed by atoms with Gasteiger partial charge in [-0.2, -0.15) is 5.10 Å². The number of aryl methyl sites for hydroxylation is 2. The van der Waals surface area contributed by atoms with E-state index in [4.69, 9.17) is 0 Å². The van der Waals surface area contributed by atoms with Crippen LogP contribution in [0.1, 0.15) is 12.6 Å². The predicted octanol–water partition coefficient (Wildman–Crippen LogP) is 3.37. The summed E-state index contributed by atoms with van der Waals surface area (Å²) in [5.41, 5.74) is 4.93. The van der Waals surface area contributed by atoms with Crippen molar-refractivity contribution in [2.75, 3.05) is 0 Å². The highest BCUT2D eigenvalue weighted by Gasteiger charge is 2.12. The second-order valence-corrected chi connectivity index (χ2v) is 4.61. The van der Waals surface area contributed by atoms with Crippen LogP contribution in [0.2, 0.25) is 0 Å². The first-order chi connectivity index (χ1) is 8.72. The summed E-state index contributed by atoms with van der Waals surface area (Å²) in [4.78, 5) is 0. The van der Waals surface area contributed by atoms with Crippen LogP contribution in [-0.4, -0.2) is 14.3 Å². The van der Waals surface area contributed by atoms with E-state index in [0.717, 1.165) is 6.54 Å². The minimum absolute atomic E-state index is 0.912. The molecule has 0 aliphatic rings. The van der Waals surface area contributed by atoms with Gasteiger partial charge in [0.05, 0.1) is 11.9 Å². The molecule has 2 heterocycles. The maximum atomic E-state index is 4.43. The van der Waals surface area contributed by atoms with Crippen molar-refractivity contribution >= 4 is 10.9 Å². The van der Waals surface area contributed by atoms with Gasteiger partial charge < -0.3 is 4.57 Å². The molecule has 18 heavy (non-hydrogen) atoms. The minimum Gasteiger partial charge on any atom is -0.344 e. The van der Waals surface area contributed by atoms with Gasteiger partial charge in [0.1, 0.15) is 0 Å². The zero-order chi connectivity index (χ0) is 12.7. The zero-order valence-electron chi connectivity index (χ0n) is 11.0. The fourth-order valence-corrected chi connectivity index (χ4v) is 2.56. The molecule has 0 bridgehead atoms. The van der Waals surface area contributed by atoms with Crippen LogP contribution in [0, 0.1) is 6.92 Å². The van der Waals surface area contributed by atoms with Gasteiger partial charge in [-0.25, -0.2) is 0 Å². The monoisotopic (exact) mass is 239 g/mol. The number of hydrogen-bond donors (Lipinski definition) is 0. The molecular formula is C15H17N3. The second kappa shape index (κ2) is 4.02. The first-order valence-electron chi connectivity index (χ1n) is 6.29. The lowest BCUT2D eigenvalue weighted by Gasteiger charge is -2.04. The molecule has 2 aromatic heterocycles. The van der Waals surface area contributed by atoms with Crippen molar-refractivity contribution in [2.45, 2.75) is 20.4 Å². The zero-order valence-corrected chi connectivity index (χ0v) is 11.0. The predicted molar refractivity (Wildman–Crippen MR) is 74.6 cm³/mol. The molecule has 0 spiro atoms. The molecule has 92 valence electrons. The fraction of sp³-hybridized carbons (Fsp3) is 0.267. The Morgan fingerprint density at radius 3 is 2.67 bits per heavy atom. The molecule has 1 aromatic carbocycles. The molecule has 0 N–H and O–H groups in total. The van der Waals surface area contributed by atoms with Crippen molar-refractivity contribution in [3.63, 3.8) is 0 Å². The number of hydrogen-bond acceptors (Lipinski definition) is 1. The molecule has 0 aliphatic carbocycles. The fourth-order valence-electron chi connectivity index (χ4n) is 2.56. The number of para-hydroxylation sites is 1. The summed E-state index contributed by atoms with van der Waals surface area (Å²) < 4.78 is 4.27. The molecule has 0 radical (unpaired) electrons. The quantitative estimate of drug-likeness (QED) is 0.672. The molecule has 0 saturated carbocycles. The van der Waals surface area contributed by atoms with Crippen molar-refractivity contribution in [1.29, 1.82) is 0 Å². The highest BCUT2D eigenvalue weighted by Crippen LogP contribution is 2.29. The molecule has 0 fully saturated rings. The second-order valence-electron chi connectivity index (χ2n) is 4.61. The van der Waals surface area contributed by atoms with Gasteiger partial charge in [-0.05, 0) is 26.0 Å². The van der Waals surface area contributed by atoms with Crippen LogP contribution in [0.25, 0.3) is 22.2 Å². The van der Waals surface area contributed by atoms with Gasteiger partial charge in [-0.15, -0.1) is 0 Å². The summed E-state index contributed by atoms with van der Waals surface area (Å²) in [6.07, 6.45) is 1.97. The van der Waals surface area contributed by atoms with Crippen LogP contribution in [0.3, 0.4) is 0 Å². The highest BCUT2D eigenvalue weighted by molar-refractivity contribution is 5.87. The molecular weight excluding hydrogens is 222 g/mol. The van der Waals surface area contributed by atoms with Crippen LogP contribution in [0.15, 0.2) is 36.5 Å². The third-order valence-corrected chi connectivity index (χ3v) is 3.63. The van der Waals surface area contributed by atoms with Gasteiger partial charge in [-0.3, -0.25) is 4.68 Å². The molecule has 0 atom stereocenters. The highest BCUT2D eigenvalue weighted by atomic mass is 15.3. The van der Waals surface area contributed by atoms with Gasteiger partial charge in [-0.1, -0.05) is 18.2 Å². The topological polar surface area (TPSA) is 22.8 Å². The third-order valence-electron chi connectivity index (χ3n) is 3.63. The Balaban J connectivity index is 2.25. The molecule has 0 aliphatic heterocycles. The van der Waals surface area contributed by atoms with Crippen molar-refractivity contribution in [1.82, 2.24) is 14.3 Å². The first-order valence-corrected chi connectivity index (χ1v) is 6.29. The van der Waals surface area contributed by atoms with E-state index in [1.165, 1.54) is 27.9 Å². The smallest absolute Gasteiger partial charge is 0.0586 e. The van der Waals surface area contributed by atoms with E-state index in [2.05, 4.69) is 60.9 Å². The lowest BCUT2D eigenvalue weighted by Crippen LogP contribution is -1.99. The largest absolute Gasteiger partial charge is 0.344 e. The number of rotatable bonds is 2. The van der Waals surface area contributed by atoms with Gasteiger partial charge in [0, 0.05) is 35.8 Å². The lowest BCUT2D eigenvalue weighted by atomic mass is 10.2. The summed E-state index contributed by atoms with van der Waals surface area (Å²) in [7, 11) is 2.11. The number of nitrogens with zero attached hydrogens (tertiary/aromatic N) is 3. The van der Waals surface area contributed by atoms with Crippen molar-refractivity contribution in [3.8, 4) is 11.3 Å². The van der Waals surface area contributed by atoms with Crippen LogP contribution in [-0.2, 0) is 13.6 Å². The molecule has 3 aromatic rings. The standard InChI is InChI=1S/C15H17N3/c1-4-18-11(2)13(10-16-18)15-9-12-7-5-6-8-14(12)17(15)3/h5-10H,4H2,1-3H3. The summed E-state index contributed by atoms with van der Waals surface area (Å²) in [5.74, 6) is 0. The summed E-state index contributed by atoms with van der Waals surface area (Å²) in [5, 5.41) is 5.70. The summed E-state index contributed by atoms with van der Waals surface area (Å²) in [6, 6.07) is 10.7. The van der Waals surface area contributed by atoms with Gasteiger partial charge in [0.2, 0.25) is 0 Å². The van der Waals surface area contributed by atoms with Crippen LogP contribution in [0.5, 0.6) is 0 Å². The lowest BCUT2D eigenvalue weighted by molar-refractivity contribution is 0.640. The Hall–Kier alpha value is -2.03. The molecule has 0 saturated heterocycles. The molecule has 0 amide bonds.